The van der Waals surface area contributed by atoms with Crippen LogP contribution in [0.25, 0.3) is 0 Å². The summed E-state index contributed by atoms with van der Waals surface area (Å²) in [6.45, 7) is -0.000611. The zero-order valence-electron chi connectivity index (χ0n) is 10.3. The molecule has 0 saturated carbocycles. The van der Waals surface area contributed by atoms with Crippen LogP contribution >= 0.6 is 0 Å². The lowest BCUT2D eigenvalue weighted by atomic mass is 10.3. The summed E-state index contributed by atoms with van der Waals surface area (Å²) >= 11 is 0. The van der Waals surface area contributed by atoms with E-state index in [1.165, 1.54) is 6.26 Å². The first-order valence-electron chi connectivity index (χ1n) is 5.92. The van der Waals surface area contributed by atoms with E-state index in [1.807, 2.05) is 18.2 Å². The summed E-state index contributed by atoms with van der Waals surface area (Å²) in [6.07, 6.45) is 0.620. The molecular formula is C14H15NO4. The summed E-state index contributed by atoms with van der Waals surface area (Å²) in [7, 11) is 0. The lowest BCUT2D eigenvalue weighted by Crippen LogP contribution is -2.32. The second-order valence-electron chi connectivity index (χ2n) is 3.94. The summed E-state index contributed by atoms with van der Waals surface area (Å²) in [6, 6.07) is 12.4. The van der Waals surface area contributed by atoms with Crippen LogP contribution < -0.4 is 10.1 Å². The summed E-state index contributed by atoms with van der Waals surface area (Å²) in [5.74, 6) is 0.753. The van der Waals surface area contributed by atoms with E-state index in [0.29, 0.717) is 11.5 Å². The number of hydrogen-bond donors (Lipinski definition) is 2. The molecule has 5 heteroatoms. The van der Waals surface area contributed by atoms with Gasteiger partial charge in [0.2, 0.25) is 0 Å². The van der Waals surface area contributed by atoms with Crippen molar-refractivity contribution >= 4 is 5.91 Å². The van der Waals surface area contributed by atoms with Gasteiger partial charge in [-0.3, -0.25) is 4.79 Å². The minimum Gasteiger partial charge on any atom is -0.484 e. The van der Waals surface area contributed by atoms with Crippen molar-refractivity contribution in [1.29, 1.82) is 0 Å². The molecule has 0 bridgehead atoms. The quantitative estimate of drug-likeness (QED) is 0.826. The number of benzene rings is 1. The van der Waals surface area contributed by atoms with Gasteiger partial charge in [0.1, 0.15) is 17.6 Å². The predicted octanol–water partition coefficient (Wildman–Crippen LogP) is 1.51. The van der Waals surface area contributed by atoms with Crippen molar-refractivity contribution in [1.82, 2.24) is 5.32 Å². The number of rotatable bonds is 6. The second kappa shape index (κ2) is 6.61. The Balaban J connectivity index is 1.70. The van der Waals surface area contributed by atoms with Crippen molar-refractivity contribution < 1.29 is 19.1 Å². The molecule has 1 heterocycles. The van der Waals surface area contributed by atoms with Gasteiger partial charge in [-0.05, 0) is 24.3 Å². The van der Waals surface area contributed by atoms with Crippen LogP contribution in [0.3, 0.4) is 0 Å². The molecule has 2 aromatic rings. The number of hydrogen-bond acceptors (Lipinski definition) is 4. The highest BCUT2D eigenvalue weighted by atomic mass is 16.5. The maximum Gasteiger partial charge on any atom is 0.258 e. The minimum absolute atomic E-state index is 0.0878. The number of para-hydroxylation sites is 1. The number of aliphatic hydroxyl groups excluding tert-OH is 1. The molecule has 0 saturated heterocycles. The Kier molecular flexibility index (Phi) is 4.58. The summed E-state index contributed by atoms with van der Waals surface area (Å²) in [5, 5.41) is 12.3. The van der Waals surface area contributed by atoms with Crippen LogP contribution in [-0.4, -0.2) is 24.2 Å². The molecule has 0 radical (unpaired) electrons. The van der Waals surface area contributed by atoms with Crippen LogP contribution in [0.15, 0.2) is 53.1 Å². The third kappa shape index (κ3) is 4.15. The first-order chi connectivity index (χ1) is 9.25. The van der Waals surface area contributed by atoms with E-state index in [2.05, 4.69) is 5.32 Å². The zero-order valence-corrected chi connectivity index (χ0v) is 10.3. The maximum atomic E-state index is 11.5. The molecule has 0 aliphatic rings. The number of nitrogens with one attached hydrogen (secondary N) is 1. The van der Waals surface area contributed by atoms with E-state index in [1.54, 1.807) is 24.3 Å². The Bertz CT molecular complexity index is 495. The summed E-state index contributed by atoms with van der Waals surface area (Å²) in [5.41, 5.74) is 0. The Morgan fingerprint density at radius 1 is 1.26 bits per heavy atom. The first kappa shape index (κ1) is 13.2. The van der Waals surface area contributed by atoms with Gasteiger partial charge >= 0.3 is 0 Å². The van der Waals surface area contributed by atoms with Crippen LogP contribution in [-0.2, 0) is 4.79 Å². The number of furan rings is 1. The zero-order chi connectivity index (χ0) is 13.5. The van der Waals surface area contributed by atoms with Crippen LogP contribution in [0, 0.1) is 0 Å². The number of carbonyl (C=O) groups excluding carboxylic acids is 1. The normalized spacial score (nSPS) is 11.8. The Morgan fingerprint density at radius 2 is 2.05 bits per heavy atom. The second-order valence-corrected chi connectivity index (χ2v) is 3.94. The van der Waals surface area contributed by atoms with Crippen LogP contribution in [0.1, 0.15) is 11.9 Å². The largest absolute Gasteiger partial charge is 0.484 e. The Hall–Kier alpha value is -2.27. The number of carbonyl (C=O) groups is 1. The summed E-state index contributed by atoms with van der Waals surface area (Å²) < 4.78 is 10.3. The van der Waals surface area contributed by atoms with Crippen molar-refractivity contribution in [2.45, 2.75) is 6.10 Å². The number of amides is 1. The van der Waals surface area contributed by atoms with Crippen molar-refractivity contribution in [3.05, 3.63) is 54.5 Å². The monoisotopic (exact) mass is 261 g/mol. The standard InChI is InChI=1S/C14H15NO4/c16-12(13-7-4-8-18-13)9-15-14(17)10-19-11-5-2-1-3-6-11/h1-8,12,16H,9-10H2,(H,15,17). The Morgan fingerprint density at radius 3 is 2.74 bits per heavy atom. The molecule has 1 aromatic heterocycles. The van der Waals surface area contributed by atoms with Crippen molar-refractivity contribution in [2.75, 3.05) is 13.2 Å². The number of ether oxygens (including phenoxy) is 1. The van der Waals surface area contributed by atoms with E-state index in [4.69, 9.17) is 9.15 Å². The fraction of sp³-hybridized carbons (Fsp3) is 0.214. The van der Waals surface area contributed by atoms with Gasteiger partial charge in [-0.1, -0.05) is 18.2 Å². The van der Waals surface area contributed by atoms with Gasteiger partial charge in [-0.15, -0.1) is 0 Å². The molecule has 5 nitrogen and oxygen atoms in total. The highest BCUT2D eigenvalue weighted by molar-refractivity contribution is 5.77. The van der Waals surface area contributed by atoms with Crippen molar-refractivity contribution in [2.24, 2.45) is 0 Å². The highest BCUT2D eigenvalue weighted by Crippen LogP contribution is 2.11. The Labute approximate surface area is 110 Å². The summed E-state index contributed by atoms with van der Waals surface area (Å²) in [4.78, 5) is 11.5. The maximum absolute atomic E-state index is 11.5. The number of aliphatic hydroxyl groups is 1. The van der Waals surface area contributed by atoms with Gasteiger partial charge in [-0.2, -0.15) is 0 Å². The molecule has 1 atom stereocenters. The van der Waals surface area contributed by atoms with E-state index < -0.39 is 6.10 Å². The molecule has 100 valence electrons. The van der Waals surface area contributed by atoms with E-state index in [0.717, 1.165) is 0 Å². The van der Waals surface area contributed by atoms with Crippen molar-refractivity contribution in [3.8, 4) is 5.75 Å². The molecule has 0 aliphatic heterocycles. The lowest BCUT2D eigenvalue weighted by molar-refractivity contribution is -0.123. The van der Waals surface area contributed by atoms with E-state index in [9.17, 15) is 9.90 Å². The smallest absolute Gasteiger partial charge is 0.258 e. The average molecular weight is 261 g/mol. The highest BCUT2D eigenvalue weighted by Gasteiger charge is 2.11. The van der Waals surface area contributed by atoms with Crippen LogP contribution in [0.5, 0.6) is 5.75 Å². The molecule has 2 rings (SSSR count). The predicted molar refractivity (Wildman–Crippen MR) is 68.6 cm³/mol. The molecule has 1 unspecified atom stereocenters. The van der Waals surface area contributed by atoms with Gasteiger partial charge in [0, 0.05) is 0 Å². The van der Waals surface area contributed by atoms with Crippen molar-refractivity contribution in [3.63, 3.8) is 0 Å². The van der Waals surface area contributed by atoms with Crippen LogP contribution in [0.2, 0.25) is 0 Å². The molecule has 0 fully saturated rings. The fourth-order valence-corrected chi connectivity index (χ4v) is 1.51. The molecule has 1 amide bonds. The molecular weight excluding hydrogens is 246 g/mol. The van der Waals surface area contributed by atoms with Gasteiger partial charge in [-0.25, -0.2) is 0 Å². The average Bonchev–Trinajstić information content (AvgIpc) is 2.98. The lowest BCUT2D eigenvalue weighted by Gasteiger charge is -2.10. The molecule has 2 N–H and O–H groups in total. The SMILES string of the molecule is O=C(COc1ccccc1)NCC(O)c1ccco1. The van der Waals surface area contributed by atoms with Gasteiger partial charge < -0.3 is 19.6 Å². The molecule has 0 aliphatic carbocycles. The van der Waals surface area contributed by atoms with E-state index in [-0.39, 0.29) is 19.1 Å². The van der Waals surface area contributed by atoms with Gasteiger partial charge in [0.25, 0.3) is 5.91 Å². The molecule has 1 aromatic carbocycles. The minimum atomic E-state index is -0.851. The first-order valence-corrected chi connectivity index (χ1v) is 5.92. The topological polar surface area (TPSA) is 71.7 Å². The third-order valence-corrected chi connectivity index (χ3v) is 2.48. The van der Waals surface area contributed by atoms with Gasteiger partial charge in [0.05, 0.1) is 12.8 Å². The molecule has 19 heavy (non-hydrogen) atoms. The van der Waals surface area contributed by atoms with E-state index >= 15 is 0 Å². The van der Waals surface area contributed by atoms with Crippen LogP contribution in [0.4, 0.5) is 0 Å². The fourth-order valence-electron chi connectivity index (χ4n) is 1.51. The molecule has 0 spiro atoms. The van der Waals surface area contributed by atoms with Gasteiger partial charge in [0.15, 0.2) is 6.61 Å². The third-order valence-electron chi connectivity index (χ3n) is 2.48.